The Balaban J connectivity index is 1.82. The lowest BCUT2D eigenvalue weighted by atomic mass is 10.1. The van der Waals surface area contributed by atoms with Crippen LogP contribution < -0.4 is 0 Å². The molecule has 17 heavy (non-hydrogen) atoms. The molecule has 3 heteroatoms. The summed E-state index contributed by atoms with van der Waals surface area (Å²) >= 11 is 0. The summed E-state index contributed by atoms with van der Waals surface area (Å²) in [7, 11) is -1.94. The molecule has 0 fully saturated rings. The molecule has 0 spiro atoms. The monoisotopic (exact) mass is 266 g/mol. The predicted octanol–water partition coefficient (Wildman–Crippen LogP) is 3.93. The maximum atomic E-state index is 6.50. The third-order valence-electron chi connectivity index (χ3n) is 4.22. The fourth-order valence-corrected chi connectivity index (χ4v) is 9.67. The summed E-state index contributed by atoms with van der Waals surface area (Å²) in [6, 6.07) is 0. The van der Waals surface area contributed by atoms with Gasteiger partial charge in [-0.05, 0) is 62.7 Å². The highest BCUT2D eigenvalue weighted by Crippen LogP contribution is 2.30. The van der Waals surface area contributed by atoms with Crippen LogP contribution in [0.1, 0.15) is 38.5 Å². The largest absolute Gasteiger partial charge is 0.459 e. The summed E-state index contributed by atoms with van der Waals surface area (Å²) in [6.07, 6.45) is 17.7. The lowest BCUT2D eigenvalue weighted by Crippen LogP contribution is -2.32. The van der Waals surface area contributed by atoms with Gasteiger partial charge in [-0.3, -0.25) is 0 Å². The van der Waals surface area contributed by atoms with Crippen LogP contribution in [0.5, 0.6) is 0 Å². The molecule has 0 aliphatic heterocycles. The van der Waals surface area contributed by atoms with E-state index >= 15 is 0 Å². The van der Waals surface area contributed by atoms with Gasteiger partial charge in [-0.25, -0.2) is 0 Å². The quantitative estimate of drug-likeness (QED) is 0.553. The molecule has 1 nitrogen and oxygen atoms in total. The van der Waals surface area contributed by atoms with Crippen molar-refractivity contribution in [2.45, 2.75) is 62.7 Å². The molecule has 0 aromatic heterocycles. The Kier molecular flexibility index (Phi) is 5.25. The SMILES string of the molecule is C[SiH](O[SiH](C)C1C=CCCC1)C1C=CCCC1. The Bertz CT molecular complexity index is 260. The molecule has 0 saturated carbocycles. The van der Waals surface area contributed by atoms with Crippen LogP contribution in [-0.4, -0.2) is 18.1 Å². The zero-order valence-electron chi connectivity index (χ0n) is 11.3. The first kappa shape index (κ1) is 13.3. The van der Waals surface area contributed by atoms with E-state index in [1.165, 1.54) is 38.5 Å². The summed E-state index contributed by atoms with van der Waals surface area (Å²) < 4.78 is 6.50. The van der Waals surface area contributed by atoms with Crippen molar-refractivity contribution < 1.29 is 4.12 Å². The van der Waals surface area contributed by atoms with Crippen LogP contribution in [-0.2, 0) is 4.12 Å². The minimum Gasteiger partial charge on any atom is -0.459 e. The van der Waals surface area contributed by atoms with Gasteiger partial charge in [0, 0.05) is 0 Å². The maximum Gasteiger partial charge on any atom is 0.166 e. The molecular formula is C14H26OSi2. The van der Waals surface area contributed by atoms with Gasteiger partial charge in [0.05, 0.1) is 0 Å². The molecule has 2 aliphatic carbocycles. The van der Waals surface area contributed by atoms with E-state index in [-0.39, 0.29) is 0 Å². The molecule has 2 rings (SSSR count). The standard InChI is InChI=1S/C14H26OSi2/c1-16(13-9-5-3-6-10-13)15-17(2)14-11-7-4-8-12-14/h5,7,9,11,13-14,16-17H,3-4,6,8,10,12H2,1-2H3. The Hall–Kier alpha value is -0.126. The number of hydrogen-bond acceptors (Lipinski definition) is 1. The highest BCUT2D eigenvalue weighted by molar-refractivity contribution is 6.66. The summed E-state index contributed by atoms with van der Waals surface area (Å²) in [6.45, 7) is 4.83. The molecule has 0 bridgehead atoms. The Labute approximate surface area is 109 Å². The van der Waals surface area contributed by atoms with Crippen molar-refractivity contribution in [3.05, 3.63) is 24.3 Å². The van der Waals surface area contributed by atoms with E-state index in [9.17, 15) is 0 Å². The van der Waals surface area contributed by atoms with Crippen molar-refractivity contribution in [3.63, 3.8) is 0 Å². The molecule has 2 aliphatic rings. The second-order valence-electron chi connectivity index (χ2n) is 5.59. The van der Waals surface area contributed by atoms with Crippen LogP contribution in [0.25, 0.3) is 0 Å². The van der Waals surface area contributed by atoms with Gasteiger partial charge in [-0.15, -0.1) is 0 Å². The Morgan fingerprint density at radius 2 is 1.35 bits per heavy atom. The van der Waals surface area contributed by atoms with Gasteiger partial charge in [0.15, 0.2) is 18.1 Å². The molecule has 0 radical (unpaired) electrons. The summed E-state index contributed by atoms with van der Waals surface area (Å²) in [5.41, 5.74) is 1.62. The van der Waals surface area contributed by atoms with E-state index in [2.05, 4.69) is 37.4 Å². The van der Waals surface area contributed by atoms with Crippen molar-refractivity contribution in [3.8, 4) is 0 Å². The first-order chi connectivity index (χ1) is 8.27. The fourth-order valence-electron chi connectivity index (χ4n) is 3.00. The molecule has 0 heterocycles. The molecule has 4 unspecified atom stereocenters. The van der Waals surface area contributed by atoms with Crippen LogP contribution in [0.4, 0.5) is 0 Å². The van der Waals surface area contributed by atoms with E-state index in [0.717, 1.165) is 11.1 Å². The molecule has 0 aromatic carbocycles. The average Bonchev–Trinajstić information content (AvgIpc) is 2.40. The highest BCUT2D eigenvalue weighted by atomic mass is 28.4. The average molecular weight is 267 g/mol. The predicted molar refractivity (Wildman–Crippen MR) is 80.6 cm³/mol. The number of hydrogen-bond donors (Lipinski definition) is 0. The maximum absolute atomic E-state index is 6.50. The molecule has 0 N–H and O–H groups in total. The smallest absolute Gasteiger partial charge is 0.166 e. The third kappa shape index (κ3) is 3.93. The summed E-state index contributed by atoms with van der Waals surface area (Å²) in [4.78, 5) is 0. The van der Waals surface area contributed by atoms with Gasteiger partial charge < -0.3 is 4.12 Å². The first-order valence-electron chi connectivity index (χ1n) is 7.26. The lowest BCUT2D eigenvalue weighted by Gasteiger charge is -2.29. The van der Waals surface area contributed by atoms with Gasteiger partial charge in [0.25, 0.3) is 0 Å². The van der Waals surface area contributed by atoms with Crippen LogP contribution in [0.15, 0.2) is 24.3 Å². The third-order valence-corrected chi connectivity index (χ3v) is 11.2. The van der Waals surface area contributed by atoms with Crippen molar-refractivity contribution in [2.24, 2.45) is 0 Å². The van der Waals surface area contributed by atoms with Crippen LogP contribution in [0.2, 0.25) is 24.2 Å². The molecule has 96 valence electrons. The van der Waals surface area contributed by atoms with Gasteiger partial charge in [-0.2, -0.15) is 0 Å². The highest BCUT2D eigenvalue weighted by Gasteiger charge is 2.25. The van der Waals surface area contributed by atoms with Crippen molar-refractivity contribution in [1.82, 2.24) is 0 Å². The minimum absolute atomic E-state index is 0.811. The molecule has 0 saturated heterocycles. The van der Waals surface area contributed by atoms with E-state index < -0.39 is 18.1 Å². The molecular weight excluding hydrogens is 240 g/mol. The van der Waals surface area contributed by atoms with E-state index in [4.69, 9.17) is 4.12 Å². The molecule has 0 amide bonds. The summed E-state index contributed by atoms with van der Waals surface area (Å²) in [5, 5.41) is 0. The zero-order valence-corrected chi connectivity index (χ0v) is 13.6. The van der Waals surface area contributed by atoms with E-state index in [1.807, 2.05) is 0 Å². The zero-order chi connectivity index (χ0) is 12.1. The second-order valence-corrected chi connectivity index (χ2v) is 11.2. The van der Waals surface area contributed by atoms with Crippen molar-refractivity contribution in [2.75, 3.05) is 0 Å². The Morgan fingerprint density at radius 1 is 0.882 bits per heavy atom. The van der Waals surface area contributed by atoms with Crippen LogP contribution in [0.3, 0.4) is 0 Å². The number of allylic oxidation sites excluding steroid dienone is 4. The van der Waals surface area contributed by atoms with Gasteiger partial charge in [-0.1, -0.05) is 24.3 Å². The number of rotatable bonds is 4. The van der Waals surface area contributed by atoms with Crippen molar-refractivity contribution in [1.29, 1.82) is 0 Å². The Morgan fingerprint density at radius 3 is 1.71 bits per heavy atom. The van der Waals surface area contributed by atoms with Crippen LogP contribution in [0, 0.1) is 0 Å². The topological polar surface area (TPSA) is 9.23 Å². The minimum atomic E-state index is -0.971. The summed E-state index contributed by atoms with van der Waals surface area (Å²) in [5.74, 6) is 0. The normalized spacial score (nSPS) is 32.4. The fraction of sp³-hybridized carbons (Fsp3) is 0.714. The van der Waals surface area contributed by atoms with E-state index in [0.29, 0.717) is 0 Å². The van der Waals surface area contributed by atoms with Gasteiger partial charge in [0.1, 0.15) is 0 Å². The van der Waals surface area contributed by atoms with Gasteiger partial charge in [0.2, 0.25) is 0 Å². The van der Waals surface area contributed by atoms with Crippen LogP contribution >= 0.6 is 0 Å². The molecule has 4 atom stereocenters. The van der Waals surface area contributed by atoms with Crippen molar-refractivity contribution >= 4 is 18.1 Å². The second kappa shape index (κ2) is 6.71. The lowest BCUT2D eigenvalue weighted by molar-refractivity contribution is 0.538. The van der Waals surface area contributed by atoms with E-state index in [1.54, 1.807) is 0 Å². The first-order valence-corrected chi connectivity index (χ1v) is 11.8. The molecule has 0 aromatic rings. The van der Waals surface area contributed by atoms with Gasteiger partial charge >= 0.3 is 0 Å².